The molecule has 0 spiro atoms. The quantitative estimate of drug-likeness (QED) is 0.635. The molecule has 0 N–H and O–H groups in total. The van der Waals surface area contributed by atoms with Crippen molar-refractivity contribution in [2.24, 2.45) is 0 Å². The Morgan fingerprint density at radius 2 is 2.00 bits per heavy atom. The number of rotatable bonds is 2. The molecule has 2 nitrogen and oxygen atoms in total. The highest BCUT2D eigenvalue weighted by molar-refractivity contribution is 5.78. The molecule has 0 saturated heterocycles. The fraction of sp³-hybridized carbons (Fsp3) is 0.750. The first-order valence-electron chi connectivity index (χ1n) is 5.10. The smallest absolute Gasteiger partial charge is 0.133 e. The van der Waals surface area contributed by atoms with Crippen LogP contribution in [-0.2, 0) is 9.53 Å². The molecular weight excluding hydrogens is 176 g/mol. The molecule has 0 aliphatic carbocycles. The summed E-state index contributed by atoms with van der Waals surface area (Å²) in [5, 5.41) is 0. The van der Waals surface area contributed by atoms with E-state index in [4.69, 9.17) is 4.74 Å². The zero-order chi connectivity index (χ0) is 11.0. The van der Waals surface area contributed by atoms with Gasteiger partial charge in [-0.05, 0) is 41.0 Å². The highest BCUT2D eigenvalue weighted by Crippen LogP contribution is 2.34. The van der Waals surface area contributed by atoms with Gasteiger partial charge in [-0.25, -0.2) is 0 Å². The van der Waals surface area contributed by atoms with Crippen molar-refractivity contribution >= 4 is 5.78 Å². The first kappa shape index (κ1) is 11.4. The third kappa shape index (κ3) is 3.26. The number of carbonyl (C=O) groups excluding carboxylic acids is 1. The van der Waals surface area contributed by atoms with Crippen LogP contribution in [0.15, 0.2) is 11.6 Å². The molecule has 0 atom stereocenters. The van der Waals surface area contributed by atoms with Crippen molar-refractivity contribution in [3.05, 3.63) is 11.6 Å². The van der Waals surface area contributed by atoms with Gasteiger partial charge in [0.25, 0.3) is 0 Å². The average molecular weight is 196 g/mol. The molecule has 0 aromatic carbocycles. The minimum atomic E-state index is -0.244. The number of ether oxygens (including phenoxy) is 1. The first-order chi connectivity index (χ1) is 6.20. The maximum atomic E-state index is 11.1. The Kier molecular flexibility index (Phi) is 2.86. The molecule has 0 unspecified atom stereocenters. The Bertz CT molecular complexity index is 272. The fourth-order valence-electron chi connectivity index (χ4n) is 2.30. The van der Waals surface area contributed by atoms with Crippen LogP contribution < -0.4 is 0 Å². The minimum Gasteiger partial charge on any atom is -0.365 e. The van der Waals surface area contributed by atoms with E-state index in [2.05, 4.69) is 19.9 Å². The summed E-state index contributed by atoms with van der Waals surface area (Å²) in [5.74, 6) is 0.227. The van der Waals surface area contributed by atoms with Gasteiger partial charge in [0.2, 0.25) is 0 Å². The predicted octanol–water partition coefficient (Wildman–Crippen LogP) is 2.87. The highest BCUT2D eigenvalue weighted by atomic mass is 16.5. The van der Waals surface area contributed by atoms with E-state index in [9.17, 15) is 4.79 Å². The topological polar surface area (TPSA) is 26.3 Å². The van der Waals surface area contributed by atoms with Gasteiger partial charge < -0.3 is 4.74 Å². The molecule has 0 radical (unpaired) electrons. The lowest BCUT2D eigenvalue weighted by Crippen LogP contribution is -2.40. The molecule has 80 valence electrons. The third-order valence-electron chi connectivity index (χ3n) is 2.22. The van der Waals surface area contributed by atoms with Gasteiger partial charge in [0, 0.05) is 6.42 Å². The number of hydrogen-bond acceptors (Lipinski definition) is 2. The lowest BCUT2D eigenvalue weighted by molar-refractivity contribution is -0.118. The van der Waals surface area contributed by atoms with Crippen molar-refractivity contribution in [2.75, 3.05) is 0 Å². The van der Waals surface area contributed by atoms with Crippen LogP contribution in [0.5, 0.6) is 0 Å². The molecule has 1 aliphatic heterocycles. The summed E-state index contributed by atoms with van der Waals surface area (Å²) < 4.78 is 5.89. The van der Waals surface area contributed by atoms with Gasteiger partial charge in [-0.2, -0.15) is 0 Å². The molecule has 0 amide bonds. The summed E-state index contributed by atoms with van der Waals surface area (Å²) in [5.41, 5.74) is 0.814. The summed E-state index contributed by atoms with van der Waals surface area (Å²) in [4.78, 5) is 11.1. The summed E-state index contributed by atoms with van der Waals surface area (Å²) in [6.07, 6.45) is 3.51. The van der Waals surface area contributed by atoms with Gasteiger partial charge in [-0.1, -0.05) is 11.6 Å². The number of Topliss-reactive ketones (excluding diaryl/α,β-unsaturated/α-hetero) is 1. The second-order valence-corrected chi connectivity index (χ2v) is 5.32. The lowest BCUT2D eigenvalue weighted by atomic mass is 9.87. The van der Waals surface area contributed by atoms with Gasteiger partial charge in [0.1, 0.15) is 5.78 Å². The zero-order valence-electron chi connectivity index (χ0n) is 9.81. The standard InChI is InChI=1S/C12H20O2/c1-9(13)6-10-7-11(2,3)14-12(4,5)8-10/h7H,6,8H2,1-5H3. The van der Waals surface area contributed by atoms with Gasteiger partial charge in [0.15, 0.2) is 0 Å². The van der Waals surface area contributed by atoms with Gasteiger partial charge in [-0.15, -0.1) is 0 Å². The van der Waals surface area contributed by atoms with Crippen LogP contribution in [0, 0.1) is 0 Å². The molecule has 0 aromatic rings. The second-order valence-electron chi connectivity index (χ2n) is 5.32. The Labute approximate surface area is 86.3 Å². The lowest BCUT2D eigenvalue weighted by Gasteiger charge is -2.40. The monoisotopic (exact) mass is 196 g/mol. The third-order valence-corrected chi connectivity index (χ3v) is 2.22. The Morgan fingerprint density at radius 1 is 1.43 bits per heavy atom. The molecule has 0 bridgehead atoms. The van der Waals surface area contributed by atoms with Crippen LogP contribution in [0.2, 0.25) is 0 Å². The average Bonchev–Trinajstić information content (AvgIpc) is 1.74. The molecule has 2 heteroatoms. The maximum absolute atomic E-state index is 11.1. The van der Waals surface area contributed by atoms with E-state index in [1.165, 1.54) is 5.57 Å². The van der Waals surface area contributed by atoms with Crippen LogP contribution in [0.4, 0.5) is 0 Å². The van der Waals surface area contributed by atoms with Crippen molar-refractivity contribution in [1.82, 2.24) is 0 Å². The normalized spacial score (nSPS) is 24.2. The van der Waals surface area contributed by atoms with Crippen LogP contribution in [-0.4, -0.2) is 17.0 Å². The molecular formula is C12H20O2. The summed E-state index contributed by atoms with van der Waals surface area (Å²) in [6, 6.07) is 0. The van der Waals surface area contributed by atoms with Crippen molar-refractivity contribution < 1.29 is 9.53 Å². The van der Waals surface area contributed by atoms with Crippen LogP contribution in [0.3, 0.4) is 0 Å². The number of ketones is 1. The molecule has 0 fully saturated rings. The SMILES string of the molecule is CC(=O)CC1=CC(C)(C)OC(C)(C)C1. The minimum absolute atomic E-state index is 0.150. The van der Waals surface area contributed by atoms with E-state index in [-0.39, 0.29) is 17.0 Å². The Balaban J connectivity index is 2.85. The van der Waals surface area contributed by atoms with Gasteiger partial charge >= 0.3 is 0 Å². The van der Waals surface area contributed by atoms with Crippen molar-refractivity contribution in [2.45, 2.75) is 58.7 Å². The Morgan fingerprint density at radius 3 is 2.43 bits per heavy atom. The second kappa shape index (κ2) is 3.50. The van der Waals surface area contributed by atoms with E-state index in [0.29, 0.717) is 6.42 Å². The fourth-order valence-corrected chi connectivity index (χ4v) is 2.30. The van der Waals surface area contributed by atoms with E-state index < -0.39 is 0 Å². The Hall–Kier alpha value is -0.630. The summed E-state index contributed by atoms with van der Waals surface area (Å²) >= 11 is 0. The largest absolute Gasteiger partial charge is 0.365 e. The van der Waals surface area contributed by atoms with Gasteiger partial charge in [0.05, 0.1) is 11.2 Å². The van der Waals surface area contributed by atoms with Crippen molar-refractivity contribution in [1.29, 1.82) is 0 Å². The predicted molar refractivity (Wildman–Crippen MR) is 57.2 cm³/mol. The highest BCUT2D eigenvalue weighted by Gasteiger charge is 2.33. The van der Waals surface area contributed by atoms with E-state index in [0.717, 1.165) is 6.42 Å². The number of hydrogen-bond donors (Lipinski definition) is 0. The van der Waals surface area contributed by atoms with Crippen molar-refractivity contribution in [3.8, 4) is 0 Å². The molecule has 1 heterocycles. The molecule has 1 rings (SSSR count). The van der Waals surface area contributed by atoms with E-state index >= 15 is 0 Å². The zero-order valence-corrected chi connectivity index (χ0v) is 9.81. The van der Waals surface area contributed by atoms with Gasteiger partial charge in [-0.3, -0.25) is 4.79 Å². The van der Waals surface area contributed by atoms with Crippen LogP contribution in [0.25, 0.3) is 0 Å². The van der Waals surface area contributed by atoms with Crippen LogP contribution in [0.1, 0.15) is 47.5 Å². The summed E-state index contributed by atoms with van der Waals surface area (Å²) in [7, 11) is 0. The molecule has 1 aliphatic rings. The molecule has 0 saturated carbocycles. The molecule has 14 heavy (non-hydrogen) atoms. The number of carbonyl (C=O) groups is 1. The van der Waals surface area contributed by atoms with Crippen molar-refractivity contribution in [3.63, 3.8) is 0 Å². The first-order valence-corrected chi connectivity index (χ1v) is 5.10. The van der Waals surface area contributed by atoms with Crippen LogP contribution >= 0.6 is 0 Å². The summed E-state index contributed by atoms with van der Waals surface area (Å²) in [6.45, 7) is 9.85. The maximum Gasteiger partial charge on any atom is 0.133 e. The molecule has 0 aromatic heterocycles. The van der Waals surface area contributed by atoms with E-state index in [1.54, 1.807) is 6.92 Å². The van der Waals surface area contributed by atoms with E-state index in [1.807, 2.05) is 13.8 Å².